The van der Waals surface area contributed by atoms with Crippen LogP contribution in [0.4, 0.5) is 0 Å². The molecule has 98 valence electrons. The third kappa shape index (κ3) is 3.47. The molecule has 0 bridgehead atoms. The first kappa shape index (κ1) is 12.9. The van der Waals surface area contributed by atoms with Gasteiger partial charge in [-0.15, -0.1) is 0 Å². The zero-order valence-electron chi connectivity index (χ0n) is 10.3. The molecule has 1 aliphatic carbocycles. The van der Waals surface area contributed by atoms with Gasteiger partial charge >= 0.3 is 5.97 Å². The van der Waals surface area contributed by atoms with Crippen molar-refractivity contribution in [3.8, 4) is 5.75 Å². The number of carboxylic acid groups (broad SMARTS) is 1. The predicted molar refractivity (Wildman–Crippen MR) is 68.5 cm³/mol. The highest BCUT2D eigenvalue weighted by Crippen LogP contribution is 2.26. The maximum Gasteiger partial charge on any atom is 0.305 e. The van der Waals surface area contributed by atoms with Crippen molar-refractivity contribution in [2.75, 3.05) is 0 Å². The van der Waals surface area contributed by atoms with Crippen molar-refractivity contribution in [3.63, 3.8) is 0 Å². The Kier molecular flexibility index (Phi) is 4.20. The maximum absolute atomic E-state index is 10.6. The summed E-state index contributed by atoms with van der Waals surface area (Å²) in [4.78, 5) is 10.6. The lowest BCUT2D eigenvalue weighted by atomic mass is 10.0. The molecule has 0 aliphatic heterocycles. The monoisotopic (exact) mass is 249 g/mol. The largest absolute Gasteiger partial charge is 0.490 e. The molecular weight excluding hydrogens is 230 g/mol. The molecule has 1 aromatic rings. The molecule has 4 heteroatoms. The normalized spacial score (nSPS) is 17.6. The van der Waals surface area contributed by atoms with Gasteiger partial charge in [0, 0.05) is 6.04 Å². The van der Waals surface area contributed by atoms with Crippen molar-refractivity contribution in [2.24, 2.45) is 5.73 Å². The van der Waals surface area contributed by atoms with Gasteiger partial charge in [0.15, 0.2) is 0 Å². The second kappa shape index (κ2) is 5.87. The molecule has 1 fully saturated rings. The van der Waals surface area contributed by atoms with Crippen LogP contribution in [0.25, 0.3) is 0 Å². The lowest BCUT2D eigenvalue weighted by Gasteiger charge is -2.15. The minimum Gasteiger partial charge on any atom is -0.490 e. The molecule has 0 heterocycles. The van der Waals surface area contributed by atoms with E-state index in [1.807, 2.05) is 24.3 Å². The lowest BCUT2D eigenvalue weighted by molar-refractivity contribution is -0.137. The van der Waals surface area contributed by atoms with Crippen molar-refractivity contribution in [2.45, 2.75) is 44.2 Å². The number of rotatable bonds is 5. The van der Waals surface area contributed by atoms with Crippen molar-refractivity contribution in [3.05, 3.63) is 29.8 Å². The van der Waals surface area contributed by atoms with Crippen LogP contribution >= 0.6 is 0 Å². The molecule has 3 N–H and O–H groups in total. The Morgan fingerprint density at radius 2 is 2.17 bits per heavy atom. The van der Waals surface area contributed by atoms with Crippen LogP contribution in [0.3, 0.4) is 0 Å². The summed E-state index contributed by atoms with van der Waals surface area (Å²) in [5.41, 5.74) is 6.65. The Hall–Kier alpha value is -1.55. The zero-order chi connectivity index (χ0) is 13.0. The number of carbonyl (C=O) groups is 1. The van der Waals surface area contributed by atoms with Gasteiger partial charge in [-0.2, -0.15) is 0 Å². The Morgan fingerprint density at radius 3 is 2.83 bits per heavy atom. The summed E-state index contributed by atoms with van der Waals surface area (Å²) >= 11 is 0. The fourth-order valence-electron chi connectivity index (χ4n) is 2.32. The molecule has 0 amide bonds. The van der Waals surface area contributed by atoms with Gasteiger partial charge in [0.05, 0.1) is 12.5 Å². The number of aliphatic carboxylic acids is 1. The molecule has 0 spiro atoms. The standard InChI is InChI=1S/C14H19NO3/c15-13(9-14(16)17)10-4-3-7-12(8-10)18-11-5-1-2-6-11/h3-4,7-8,11,13H,1-2,5-6,9,15H2,(H,16,17)/t13-/m1/s1. The Bertz CT molecular complexity index is 413. The van der Waals surface area contributed by atoms with Crippen LogP contribution in [0.1, 0.15) is 43.7 Å². The van der Waals surface area contributed by atoms with Crippen molar-refractivity contribution in [1.82, 2.24) is 0 Å². The summed E-state index contributed by atoms with van der Waals surface area (Å²) < 4.78 is 5.87. The van der Waals surface area contributed by atoms with E-state index in [9.17, 15) is 4.79 Å². The molecule has 1 aromatic carbocycles. The molecule has 0 aromatic heterocycles. The van der Waals surface area contributed by atoms with Crippen LogP contribution in [-0.4, -0.2) is 17.2 Å². The van der Waals surface area contributed by atoms with Crippen LogP contribution < -0.4 is 10.5 Å². The number of hydrogen-bond donors (Lipinski definition) is 2. The fraction of sp³-hybridized carbons (Fsp3) is 0.500. The van der Waals surface area contributed by atoms with E-state index in [0.717, 1.165) is 24.2 Å². The zero-order valence-corrected chi connectivity index (χ0v) is 10.3. The number of ether oxygens (including phenoxy) is 1. The molecule has 0 unspecified atom stereocenters. The van der Waals surface area contributed by atoms with E-state index < -0.39 is 12.0 Å². The summed E-state index contributed by atoms with van der Waals surface area (Å²) in [6.07, 6.45) is 4.89. The van der Waals surface area contributed by atoms with Gasteiger partial charge in [0.2, 0.25) is 0 Å². The Balaban J connectivity index is 2.01. The van der Waals surface area contributed by atoms with Gasteiger partial charge in [-0.3, -0.25) is 4.79 Å². The molecular formula is C14H19NO3. The minimum atomic E-state index is -0.885. The Labute approximate surface area is 107 Å². The third-order valence-electron chi connectivity index (χ3n) is 3.29. The molecule has 1 atom stereocenters. The van der Waals surface area contributed by atoms with E-state index in [1.54, 1.807) is 0 Å². The van der Waals surface area contributed by atoms with E-state index in [0.29, 0.717) is 6.10 Å². The van der Waals surface area contributed by atoms with Crippen LogP contribution in [0.2, 0.25) is 0 Å². The number of carboxylic acids is 1. The van der Waals surface area contributed by atoms with Gasteiger partial charge in [-0.1, -0.05) is 12.1 Å². The lowest BCUT2D eigenvalue weighted by Crippen LogP contribution is -2.15. The summed E-state index contributed by atoms with van der Waals surface area (Å²) in [6, 6.07) is 6.98. The molecule has 0 radical (unpaired) electrons. The van der Waals surface area contributed by atoms with Gasteiger partial charge in [-0.05, 0) is 43.4 Å². The number of nitrogens with two attached hydrogens (primary N) is 1. The second-order valence-electron chi connectivity index (χ2n) is 4.80. The first-order chi connectivity index (χ1) is 8.65. The molecule has 0 saturated heterocycles. The quantitative estimate of drug-likeness (QED) is 0.840. The summed E-state index contributed by atoms with van der Waals surface area (Å²) in [6.45, 7) is 0. The first-order valence-electron chi connectivity index (χ1n) is 6.39. The fourth-order valence-corrected chi connectivity index (χ4v) is 2.32. The van der Waals surface area contributed by atoms with E-state index in [-0.39, 0.29) is 6.42 Å². The third-order valence-corrected chi connectivity index (χ3v) is 3.29. The Morgan fingerprint density at radius 1 is 1.44 bits per heavy atom. The van der Waals surface area contributed by atoms with Crippen molar-refractivity contribution >= 4 is 5.97 Å². The average molecular weight is 249 g/mol. The SMILES string of the molecule is N[C@H](CC(=O)O)c1cccc(OC2CCCC2)c1. The van der Waals surface area contributed by atoms with Crippen LogP contribution in [0.5, 0.6) is 5.75 Å². The van der Waals surface area contributed by atoms with E-state index >= 15 is 0 Å². The molecule has 2 rings (SSSR count). The smallest absolute Gasteiger partial charge is 0.305 e. The van der Waals surface area contributed by atoms with E-state index in [1.165, 1.54) is 12.8 Å². The van der Waals surface area contributed by atoms with Crippen LogP contribution in [-0.2, 0) is 4.79 Å². The number of hydrogen-bond acceptors (Lipinski definition) is 3. The van der Waals surface area contributed by atoms with Gasteiger partial charge in [0.1, 0.15) is 5.75 Å². The predicted octanol–water partition coefficient (Wildman–Crippen LogP) is 2.48. The summed E-state index contributed by atoms with van der Waals surface area (Å²) in [7, 11) is 0. The summed E-state index contributed by atoms with van der Waals surface area (Å²) in [5.74, 6) is -0.0927. The van der Waals surface area contributed by atoms with Gasteiger partial charge in [-0.25, -0.2) is 0 Å². The van der Waals surface area contributed by atoms with Gasteiger partial charge in [0.25, 0.3) is 0 Å². The molecule has 1 saturated carbocycles. The first-order valence-corrected chi connectivity index (χ1v) is 6.39. The summed E-state index contributed by atoms with van der Waals surface area (Å²) in [5, 5.41) is 8.73. The van der Waals surface area contributed by atoms with Crippen molar-refractivity contribution in [1.29, 1.82) is 0 Å². The topological polar surface area (TPSA) is 72.6 Å². The van der Waals surface area contributed by atoms with Crippen LogP contribution in [0, 0.1) is 0 Å². The number of benzene rings is 1. The van der Waals surface area contributed by atoms with Crippen LogP contribution in [0.15, 0.2) is 24.3 Å². The van der Waals surface area contributed by atoms with Gasteiger partial charge < -0.3 is 15.6 Å². The minimum absolute atomic E-state index is 0.0626. The van der Waals surface area contributed by atoms with E-state index in [2.05, 4.69) is 0 Å². The second-order valence-corrected chi connectivity index (χ2v) is 4.80. The maximum atomic E-state index is 10.6. The molecule has 1 aliphatic rings. The van der Waals surface area contributed by atoms with E-state index in [4.69, 9.17) is 15.6 Å². The molecule has 18 heavy (non-hydrogen) atoms. The highest BCUT2D eigenvalue weighted by atomic mass is 16.5. The highest BCUT2D eigenvalue weighted by molar-refractivity contribution is 5.67. The van der Waals surface area contributed by atoms with Crippen molar-refractivity contribution < 1.29 is 14.6 Å². The average Bonchev–Trinajstić information content (AvgIpc) is 2.81. The molecule has 4 nitrogen and oxygen atoms in total. The highest BCUT2D eigenvalue weighted by Gasteiger charge is 2.17.